The van der Waals surface area contributed by atoms with Crippen molar-refractivity contribution in [3.8, 4) is 5.40 Å². The van der Waals surface area contributed by atoms with E-state index in [1.165, 1.54) is 29.3 Å². The Hall–Kier alpha value is -3.13. The van der Waals surface area contributed by atoms with Gasteiger partial charge in [-0.2, -0.15) is 14.0 Å². The number of nitrogen functional groups attached to an aromatic ring is 1. The Morgan fingerprint density at radius 2 is 1.88 bits per heavy atom. The van der Waals surface area contributed by atoms with E-state index in [1.54, 1.807) is 35.2 Å². The molecule has 1 unspecified atom stereocenters. The fourth-order valence-corrected chi connectivity index (χ4v) is 4.62. The van der Waals surface area contributed by atoms with Crippen molar-refractivity contribution < 1.29 is 8.78 Å². The van der Waals surface area contributed by atoms with Crippen molar-refractivity contribution >= 4 is 40.7 Å². The lowest BCUT2D eigenvalue weighted by Crippen LogP contribution is -2.34. The van der Waals surface area contributed by atoms with E-state index in [9.17, 15) is 0 Å². The van der Waals surface area contributed by atoms with Gasteiger partial charge in [0, 0.05) is 28.9 Å². The van der Waals surface area contributed by atoms with Gasteiger partial charge in [0.1, 0.15) is 11.1 Å². The zero-order chi connectivity index (χ0) is 24.3. The Kier molecular flexibility index (Phi) is 7.07. The van der Waals surface area contributed by atoms with E-state index < -0.39 is 11.7 Å². The standard InChI is InChI=1S/C23H22ClF2N7S/c24-18-9-5-4-6-15(18)12-33(29)21-19(28)20(32-11-10-17(13-32)34-14-27)30-22(31-21)23(25,26)16-7-2-1-3-8-16/h1-9,17H,10-13,28-29H2. The minimum absolute atomic E-state index is 0.0214. The van der Waals surface area contributed by atoms with Crippen molar-refractivity contribution in [3.05, 3.63) is 76.6 Å². The van der Waals surface area contributed by atoms with E-state index in [0.29, 0.717) is 30.1 Å². The molecule has 0 radical (unpaired) electrons. The molecule has 11 heteroatoms. The van der Waals surface area contributed by atoms with E-state index in [4.69, 9.17) is 28.4 Å². The van der Waals surface area contributed by atoms with Crippen molar-refractivity contribution in [1.82, 2.24) is 9.97 Å². The third-order valence-electron chi connectivity index (χ3n) is 5.56. The number of anilines is 3. The fraction of sp³-hybridized carbons (Fsp3) is 0.261. The molecule has 4 rings (SSSR count). The maximum atomic E-state index is 15.5. The monoisotopic (exact) mass is 501 g/mol. The fourth-order valence-electron chi connectivity index (χ4n) is 3.80. The van der Waals surface area contributed by atoms with Crippen LogP contribution < -0.4 is 21.5 Å². The van der Waals surface area contributed by atoms with Crippen molar-refractivity contribution in [3.63, 3.8) is 0 Å². The summed E-state index contributed by atoms with van der Waals surface area (Å²) in [5.74, 6) is 2.25. The molecule has 176 valence electrons. The highest BCUT2D eigenvalue weighted by atomic mass is 35.5. The molecule has 7 nitrogen and oxygen atoms in total. The van der Waals surface area contributed by atoms with Gasteiger partial charge in [0.2, 0.25) is 5.82 Å². The molecule has 1 aliphatic rings. The Morgan fingerprint density at radius 3 is 2.59 bits per heavy atom. The van der Waals surface area contributed by atoms with Gasteiger partial charge in [-0.1, -0.05) is 60.1 Å². The lowest BCUT2D eigenvalue weighted by Gasteiger charge is -2.27. The maximum Gasteiger partial charge on any atom is 0.331 e. The maximum absolute atomic E-state index is 15.5. The molecule has 0 bridgehead atoms. The molecular weight excluding hydrogens is 480 g/mol. The average Bonchev–Trinajstić information content (AvgIpc) is 3.29. The number of hydrogen-bond acceptors (Lipinski definition) is 8. The predicted molar refractivity (Wildman–Crippen MR) is 132 cm³/mol. The summed E-state index contributed by atoms with van der Waals surface area (Å²) in [7, 11) is 0. The first-order valence-corrected chi connectivity index (χ1v) is 11.7. The average molecular weight is 502 g/mol. The van der Waals surface area contributed by atoms with Crippen LogP contribution in [0.4, 0.5) is 26.1 Å². The summed E-state index contributed by atoms with van der Waals surface area (Å²) in [6.07, 6.45) is 0.702. The molecule has 0 spiro atoms. The summed E-state index contributed by atoms with van der Waals surface area (Å²) in [5, 5.41) is 12.8. The van der Waals surface area contributed by atoms with Crippen LogP contribution in [-0.2, 0) is 12.5 Å². The first kappa shape index (κ1) is 24.0. The van der Waals surface area contributed by atoms with Crippen molar-refractivity contribution in [2.24, 2.45) is 5.84 Å². The first-order chi connectivity index (χ1) is 16.3. The van der Waals surface area contributed by atoms with Crippen LogP contribution in [-0.4, -0.2) is 28.3 Å². The summed E-state index contributed by atoms with van der Waals surface area (Å²) in [4.78, 5) is 10.1. The highest BCUT2D eigenvalue weighted by molar-refractivity contribution is 8.04. The van der Waals surface area contributed by atoms with Gasteiger partial charge < -0.3 is 10.6 Å². The van der Waals surface area contributed by atoms with Crippen LogP contribution in [0, 0.1) is 10.7 Å². The summed E-state index contributed by atoms with van der Waals surface area (Å²) in [6, 6.07) is 14.4. The Bertz CT molecular complexity index is 1210. The second-order valence-electron chi connectivity index (χ2n) is 7.83. The number of aromatic nitrogens is 2. The van der Waals surface area contributed by atoms with E-state index in [-0.39, 0.29) is 34.7 Å². The largest absolute Gasteiger partial charge is 0.393 e. The third-order valence-corrected chi connectivity index (χ3v) is 6.75. The number of halogens is 3. The van der Waals surface area contributed by atoms with Crippen LogP contribution in [0.3, 0.4) is 0 Å². The lowest BCUT2D eigenvalue weighted by atomic mass is 10.1. The second-order valence-corrected chi connectivity index (χ2v) is 9.33. The van der Waals surface area contributed by atoms with Gasteiger partial charge in [-0.3, -0.25) is 5.01 Å². The van der Waals surface area contributed by atoms with Crippen LogP contribution in [0.2, 0.25) is 5.02 Å². The van der Waals surface area contributed by atoms with Crippen LogP contribution in [0.1, 0.15) is 23.4 Å². The zero-order valence-electron chi connectivity index (χ0n) is 18.0. The summed E-state index contributed by atoms with van der Waals surface area (Å²) >= 11 is 7.40. The van der Waals surface area contributed by atoms with Crippen molar-refractivity contribution in [1.29, 1.82) is 5.26 Å². The van der Waals surface area contributed by atoms with Crippen LogP contribution in [0.5, 0.6) is 0 Å². The highest BCUT2D eigenvalue weighted by Crippen LogP contribution is 2.39. The molecule has 0 saturated carbocycles. The zero-order valence-corrected chi connectivity index (χ0v) is 19.6. The minimum Gasteiger partial charge on any atom is -0.393 e. The van der Waals surface area contributed by atoms with Crippen molar-refractivity contribution in [2.75, 3.05) is 28.7 Å². The van der Waals surface area contributed by atoms with Gasteiger partial charge >= 0.3 is 5.92 Å². The molecule has 1 aliphatic heterocycles. The van der Waals surface area contributed by atoms with E-state index >= 15 is 8.78 Å². The van der Waals surface area contributed by atoms with Gasteiger partial charge in [0.15, 0.2) is 11.6 Å². The van der Waals surface area contributed by atoms with Crippen molar-refractivity contribution in [2.45, 2.75) is 24.1 Å². The number of thiocyanates is 1. The number of nitrogens with zero attached hydrogens (tertiary/aromatic N) is 5. The van der Waals surface area contributed by atoms with Gasteiger partial charge in [-0.05, 0) is 29.8 Å². The molecule has 1 aromatic heterocycles. The second kappa shape index (κ2) is 10.0. The number of nitriles is 1. The molecule has 0 aliphatic carbocycles. The molecule has 1 saturated heterocycles. The predicted octanol–water partition coefficient (Wildman–Crippen LogP) is 4.53. The SMILES string of the molecule is N#CSC1CCN(c2nc(C(F)(F)c3ccccc3)nc(N(N)Cc3ccccc3Cl)c2N)C1. The lowest BCUT2D eigenvalue weighted by molar-refractivity contribution is 0.0330. The molecule has 2 heterocycles. The Balaban J connectivity index is 1.78. The van der Waals surface area contributed by atoms with Gasteiger partial charge in [0.05, 0.1) is 6.54 Å². The smallest absolute Gasteiger partial charge is 0.331 e. The van der Waals surface area contributed by atoms with Crippen LogP contribution in [0.25, 0.3) is 0 Å². The quantitative estimate of drug-likeness (QED) is 0.276. The number of hydrogen-bond donors (Lipinski definition) is 2. The number of thioether (sulfide) groups is 1. The first-order valence-electron chi connectivity index (χ1n) is 10.5. The number of benzene rings is 2. The topological polar surface area (TPSA) is 108 Å². The molecule has 3 aromatic rings. The Labute approximate surface area is 205 Å². The number of hydrazine groups is 1. The van der Waals surface area contributed by atoms with E-state index in [0.717, 1.165) is 11.8 Å². The molecular formula is C23H22ClF2N7S. The molecule has 1 fully saturated rings. The number of alkyl halides is 2. The summed E-state index contributed by atoms with van der Waals surface area (Å²) < 4.78 is 31.0. The third kappa shape index (κ3) is 4.87. The van der Waals surface area contributed by atoms with E-state index in [2.05, 4.69) is 15.4 Å². The molecule has 34 heavy (non-hydrogen) atoms. The highest BCUT2D eigenvalue weighted by Gasteiger charge is 2.40. The molecule has 0 amide bonds. The Morgan fingerprint density at radius 1 is 1.18 bits per heavy atom. The number of nitrogens with two attached hydrogens (primary N) is 2. The van der Waals surface area contributed by atoms with Gasteiger partial charge in [-0.15, -0.1) is 0 Å². The van der Waals surface area contributed by atoms with Crippen LogP contribution >= 0.6 is 23.4 Å². The molecule has 1 atom stereocenters. The number of rotatable bonds is 7. The minimum atomic E-state index is -3.48. The normalized spacial score (nSPS) is 15.9. The summed E-state index contributed by atoms with van der Waals surface area (Å²) in [5.41, 5.74) is 6.92. The van der Waals surface area contributed by atoms with Crippen LogP contribution in [0.15, 0.2) is 54.6 Å². The van der Waals surface area contributed by atoms with E-state index in [1.807, 2.05) is 0 Å². The van der Waals surface area contributed by atoms with Gasteiger partial charge in [0.25, 0.3) is 0 Å². The molecule has 2 aromatic carbocycles. The summed E-state index contributed by atoms with van der Waals surface area (Å²) in [6.45, 7) is 1.07. The molecule has 4 N–H and O–H groups in total. The van der Waals surface area contributed by atoms with Gasteiger partial charge in [-0.25, -0.2) is 15.8 Å².